The molecule has 0 fully saturated rings. The van der Waals surface area contributed by atoms with Gasteiger partial charge in [0.1, 0.15) is 11.5 Å². The van der Waals surface area contributed by atoms with E-state index >= 15 is 0 Å². The maximum Gasteiger partial charge on any atom is 0.128 e. The summed E-state index contributed by atoms with van der Waals surface area (Å²) in [5, 5.41) is 2.57. The van der Waals surface area contributed by atoms with E-state index in [0.29, 0.717) is 6.04 Å². The highest BCUT2D eigenvalue weighted by Gasteiger charge is 2.33. The predicted molar refractivity (Wildman–Crippen MR) is 108 cm³/mol. The van der Waals surface area contributed by atoms with Gasteiger partial charge in [0.2, 0.25) is 0 Å². The van der Waals surface area contributed by atoms with E-state index in [4.69, 9.17) is 9.47 Å². The fourth-order valence-corrected chi connectivity index (χ4v) is 4.40. The van der Waals surface area contributed by atoms with E-state index in [-0.39, 0.29) is 6.04 Å². The third-order valence-corrected chi connectivity index (χ3v) is 5.53. The molecule has 3 aromatic rings. The summed E-state index contributed by atoms with van der Waals surface area (Å²) in [6, 6.07) is 19.9. The van der Waals surface area contributed by atoms with Crippen LogP contribution in [0.15, 0.2) is 54.6 Å². The zero-order valence-corrected chi connectivity index (χ0v) is 15.8. The van der Waals surface area contributed by atoms with Gasteiger partial charge in [-0.2, -0.15) is 0 Å². The number of rotatable bonds is 3. The summed E-state index contributed by atoms with van der Waals surface area (Å²) in [5.74, 6) is 1.77. The SMILES string of the molecule is COc1cc2c(c(OC)c1)C(C)N(c1cccc3ccccc13)C(C)C2. The molecule has 3 nitrogen and oxygen atoms in total. The lowest BCUT2D eigenvalue weighted by molar-refractivity contribution is 0.381. The molecule has 4 rings (SSSR count). The van der Waals surface area contributed by atoms with E-state index in [1.54, 1.807) is 14.2 Å². The second-order valence-electron chi connectivity index (χ2n) is 7.04. The quantitative estimate of drug-likeness (QED) is 0.636. The monoisotopic (exact) mass is 347 g/mol. The summed E-state index contributed by atoms with van der Waals surface area (Å²) in [7, 11) is 3.45. The minimum absolute atomic E-state index is 0.223. The second-order valence-corrected chi connectivity index (χ2v) is 7.04. The number of methoxy groups -OCH3 is 2. The van der Waals surface area contributed by atoms with E-state index in [1.807, 2.05) is 6.07 Å². The summed E-state index contributed by atoms with van der Waals surface area (Å²) in [5.41, 5.74) is 3.86. The largest absolute Gasteiger partial charge is 0.497 e. The van der Waals surface area contributed by atoms with Crippen molar-refractivity contribution >= 4 is 16.5 Å². The summed E-state index contributed by atoms with van der Waals surface area (Å²) >= 11 is 0. The number of hydrogen-bond donors (Lipinski definition) is 0. The number of benzene rings is 3. The molecule has 0 N–H and O–H groups in total. The molecular weight excluding hydrogens is 322 g/mol. The zero-order valence-electron chi connectivity index (χ0n) is 15.8. The Morgan fingerprint density at radius 1 is 0.923 bits per heavy atom. The van der Waals surface area contributed by atoms with Gasteiger partial charge in [-0.15, -0.1) is 0 Å². The van der Waals surface area contributed by atoms with Gasteiger partial charge < -0.3 is 14.4 Å². The molecule has 2 atom stereocenters. The third kappa shape index (κ3) is 2.59. The molecule has 2 unspecified atom stereocenters. The number of hydrogen-bond acceptors (Lipinski definition) is 3. The van der Waals surface area contributed by atoms with Crippen molar-refractivity contribution in [1.82, 2.24) is 0 Å². The Morgan fingerprint density at radius 3 is 2.46 bits per heavy atom. The summed E-state index contributed by atoms with van der Waals surface area (Å²) < 4.78 is 11.2. The Bertz CT molecular complexity index is 945. The summed E-state index contributed by atoms with van der Waals surface area (Å²) in [6.07, 6.45) is 0.969. The second kappa shape index (κ2) is 6.56. The average molecular weight is 347 g/mol. The van der Waals surface area contributed by atoms with Crippen molar-refractivity contribution in [2.75, 3.05) is 19.1 Å². The van der Waals surface area contributed by atoms with E-state index in [2.05, 4.69) is 67.3 Å². The van der Waals surface area contributed by atoms with Crippen molar-refractivity contribution < 1.29 is 9.47 Å². The molecule has 0 aromatic heterocycles. The normalized spacial score (nSPS) is 19.3. The predicted octanol–water partition coefficient (Wildman–Crippen LogP) is 5.37. The molecule has 134 valence electrons. The minimum Gasteiger partial charge on any atom is -0.497 e. The molecule has 3 heteroatoms. The van der Waals surface area contributed by atoms with Crippen molar-refractivity contribution in [3.05, 3.63) is 65.7 Å². The Balaban J connectivity index is 1.88. The Kier molecular flexibility index (Phi) is 4.23. The number of fused-ring (bicyclic) bond motifs is 2. The lowest BCUT2D eigenvalue weighted by Crippen LogP contribution is -2.41. The highest BCUT2D eigenvalue weighted by molar-refractivity contribution is 5.94. The first-order chi connectivity index (χ1) is 12.6. The molecule has 3 aromatic carbocycles. The molecule has 0 saturated heterocycles. The van der Waals surface area contributed by atoms with Crippen molar-refractivity contribution in [2.24, 2.45) is 0 Å². The Morgan fingerprint density at radius 2 is 1.69 bits per heavy atom. The fourth-order valence-electron chi connectivity index (χ4n) is 4.40. The Hall–Kier alpha value is -2.68. The van der Waals surface area contributed by atoms with Gasteiger partial charge in [0.25, 0.3) is 0 Å². The van der Waals surface area contributed by atoms with Gasteiger partial charge in [-0.1, -0.05) is 36.4 Å². The van der Waals surface area contributed by atoms with Crippen LogP contribution in [0.1, 0.15) is 31.0 Å². The van der Waals surface area contributed by atoms with Gasteiger partial charge in [0, 0.05) is 28.7 Å². The van der Waals surface area contributed by atoms with Crippen LogP contribution in [0.3, 0.4) is 0 Å². The molecular formula is C23H25NO2. The first kappa shape index (κ1) is 16.8. The highest BCUT2D eigenvalue weighted by atomic mass is 16.5. The molecule has 1 heterocycles. The van der Waals surface area contributed by atoms with Crippen LogP contribution < -0.4 is 14.4 Å². The molecule has 26 heavy (non-hydrogen) atoms. The number of ether oxygens (including phenoxy) is 2. The van der Waals surface area contributed by atoms with Crippen LogP contribution in [0, 0.1) is 0 Å². The van der Waals surface area contributed by atoms with E-state index in [9.17, 15) is 0 Å². The van der Waals surface area contributed by atoms with Gasteiger partial charge in [-0.05, 0) is 43.4 Å². The first-order valence-corrected chi connectivity index (χ1v) is 9.15. The first-order valence-electron chi connectivity index (χ1n) is 9.15. The van der Waals surface area contributed by atoms with Crippen molar-refractivity contribution in [3.8, 4) is 11.5 Å². The Labute approximate surface area is 155 Å². The fraction of sp³-hybridized carbons (Fsp3) is 0.304. The smallest absolute Gasteiger partial charge is 0.128 e. The zero-order chi connectivity index (χ0) is 18.3. The highest BCUT2D eigenvalue weighted by Crippen LogP contribution is 2.44. The van der Waals surface area contributed by atoms with Crippen molar-refractivity contribution in [3.63, 3.8) is 0 Å². The standard InChI is InChI=1S/C23H25NO2/c1-15-12-18-13-19(25-3)14-22(26-4)23(18)16(2)24(15)21-11-7-9-17-8-5-6-10-20(17)21/h5-11,13-16H,12H2,1-4H3. The van der Waals surface area contributed by atoms with E-state index in [0.717, 1.165) is 17.9 Å². The lowest BCUT2D eigenvalue weighted by Gasteiger charge is -2.43. The van der Waals surface area contributed by atoms with Crippen LogP contribution in [0.5, 0.6) is 11.5 Å². The molecule has 0 aliphatic carbocycles. The van der Waals surface area contributed by atoms with Crippen molar-refractivity contribution in [1.29, 1.82) is 0 Å². The maximum absolute atomic E-state index is 5.73. The van der Waals surface area contributed by atoms with Gasteiger partial charge >= 0.3 is 0 Å². The molecule has 0 saturated carbocycles. The maximum atomic E-state index is 5.73. The van der Waals surface area contributed by atoms with Gasteiger partial charge in [-0.25, -0.2) is 0 Å². The van der Waals surface area contributed by atoms with Crippen LogP contribution >= 0.6 is 0 Å². The van der Waals surface area contributed by atoms with Crippen LogP contribution in [-0.2, 0) is 6.42 Å². The van der Waals surface area contributed by atoms with E-state index in [1.165, 1.54) is 27.6 Å². The van der Waals surface area contributed by atoms with Gasteiger partial charge in [0.05, 0.1) is 20.3 Å². The molecule has 0 bridgehead atoms. The van der Waals surface area contributed by atoms with Gasteiger partial charge in [-0.3, -0.25) is 0 Å². The third-order valence-electron chi connectivity index (χ3n) is 5.53. The number of nitrogens with zero attached hydrogens (tertiary/aromatic N) is 1. The van der Waals surface area contributed by atoms with E-state index < -0.39 is 0 Å². The number of anilines is 1. The van der Waals surface area contributed by atoms with Crippen LogP contribution in [0.4, 0.5) is 5.69 Å². The van der Waals surface area contributed by atoms with Crippen LogP contribution in [0.25, 0.3) is 10.8 Å². The van der Waals surface area contributed by atoms with Gasteiger partial charge in [0.15, 0.2) is 0 Å². The van der Waals surface area contributed by atoms with Crippen LogP contribution in [0.2, 0.25) is 0 Å². The summed E-state index contributed by atoms with van der Waals surface area (Å²) in [4.78, 5) is 2.53. The topological polar surface area (TPSA) is 21.7 Å². The van der Waals surface area contributed by atoms with Crippen molar-refractivity contribution in [2.45, 2.75) is 32.4 Å². The average Bonchev–Trinajstić information content (AvgIpc) is 2.67. The molecule has 0 radical (unpaired) electrons. The molecule has 1 aliphatic rings. The molecule has 0 amide bonds. The molecule has 0 spiro atoms. The lowest BCUT2D eigenvalue weighted by atomic mass is 9.87. The minimum atomic E-state index is 0.223. The van der Waals surface area contributed by atoms with Crippen LogP contribution in [-0.4, -0.2) is 20.3 Å². The molecule has 1 aliphatic heterocycles. The summed E-state index contributed by atoms with van der Waals surface area (Å²) in [6.45, 7) is 4.57.